The van der Waals surface area contributed by atoms with Gasteiger partial charge < -0.3 is 5.32 Å². The lowest BCUT2D eigenvalue weighted by Crippen LogP contribution is -2.48. The topological polar surface area (TPSA) is 59.1 Å². The fourth-order valence-electron chi connectivity index (χ4n) is 3.29. The second kappa shape index (κ2) is 4.85. The number of hydrogen-bond donors (Lipinski definition) is 1. The minimum Gasteiger partial charge on any atom is -0.343 e. The van der Waals surface area contributed by atoms with E-state index in [1.807, 2.05) is 0 Å². The number of carbonyl (C=O) groups is 2. The molecule has 2 fully saturated rings. The molecule has 20 heavy (non-hydrogen) atoms. The van der Waals surface area contributed by atoms with Crippen LogP contribution in [0.2, 0.25) is 5.15 Å². The van der Waals surface area contributed by atoms with Gasteiger partial charge in [-0.1, -0.05) is 24.6 Å². The monoisotopic (exact) mass is 292 g/mol. The van der Waals surface area contributed by atoms with E-state index in [-0.39, 0.29) is 16.8 Å². The molecule has 1 aliphatic carbocycles. The fourth-order valence-corrected chi connectivity index (χ4v) is 3.52. The van der Waals surface area contributed by atoms with E-state index in [2.05, 4.69) is 17.2 Å². The largest absolute Gasteiger partial charge is 0.343 e. The smallest absolute Gasteiger partial charge is 0.236 e. The first-order valence-electron chi connectivity index (χ1n) is 7.00. The van der Waals surface area contributed by atoms with Gasteiger partial charge in [0.2, 0.25) is 5.91 Å². The fraction of sp³-hybridized carbons (Fsp3) is 0.533. The highest BCUT2D eigenvalue weighted by molar-refractivity contribution is 6.31. The third-order valence-electron chi connectivity index (χ3n) is 4.59. The first kappa shape index (κ1) is 13.6. The third kappa shape index (κ3) is 2.03. The number of pyridine rings is 1. The van der Waals surface area contributed by atoms with Gasteiger partial charge in [0.25, 0.3) is 0 Å². The van der Waals surface area contributed by atoms with E-state index in [4.69, 9.17) is 11.6 Å². The van der Waals surface area contributed by atoms with Crippen molar-refractivity contribution in [2.24, 2.45) is 5.92 Å². The standard InChI is InChI=1S/C15H17ClN2O2/c1-9-4-6-15(7-5-9)12(19)11(14(20)18-15)10-3-2-8-17-13(10)16/h2-3,8-9,11H,4-7H2,1H3,(H,18,20). The Morgan fingerprint density at radius 3 is 2.70 bits per heavy atom. The molecule has 0 aromatic carbocycles. The molecular formula is C15H17ClN2O2. The van der Waals surface area contributed by atoms with Crippen molar-refractivity contribution in [2.45, 2.75) is 44.1 Å². The number of nitrogens with one attached hydrogen (secondary N) is 1. The van der Waals surface area contributed by atoms with Crippen LogP contribution in [0.4, 0.5) is 0 Å². The lowest BCUT2D eigenvalue weighted by molar-refractivity contribution is -0.126. The lowest BCUT2D eigenvalue weighted by atomic mass is 9.74. The van der Waals surface area contributed by atoms with Gasteiger partial charge in [-0.25, -0.2) is 4.98 Å². The predicted molar refractivity (Wildman–Crippen MR) is 75.5 cm³/mol. The quantitative estimate of drug-likeness (QED) is 0.639. The second-order valence-electron chi connectivity index (χ2n) is 5.93. The summed E-state index contributed by atoms with van der Waals surface area (Å²) >= 11 is 6.04. The average Bonchev–Trinajstić information content (AvgIpc) is 2.66. The highest BCUT2D eigenvalue weighted by Gasteiger charge is 2.54. The van der Waals surface area contributed by atoms with Gasteiger partial charge in [0.15, 0.2) is 5.78 Å². The molecule has 1 amide bonds. The van der Waals surface area contributed by atoms with E-state index in [9.17, 15) is 9.59 Å². The first-order chi connectivity index (χ1) is 9.53. The van der Waals surface area contributed by atoms with Crippen molar-refractivity contribution < 1.29 is 9.59 Å². The van der Waals surface area contributed by atoms with Crippen LogP contribution in [0, 0.1) is 5.92 Å². The molecule has 1 saturated heterocycles. The van der Waals surface area contributed by atoms with Crippen LogP contribution < -0.4 is 5.32 Å². The van der Waals surface area contributed by atoms with Gasteiger partial charge in [-0.2, -0.15) is 0 Å². The van der Waals surface area contributed by atoms with Crippen LogP contribution in [0.1, 0.15) is 44.1 Å². The van der Waals surface area contributed by atoms with E-state index < -0.39 is 11.5 Å². The summed E-state index contributed by atoms with van der Waals surface area (Å²) in [5.74, 6) is -0.459. The van der Waals surface area contributed by atoms with E-state index in [1.165, 1.54) is 0 Å². The summed E-state index contributed by atoms with van der Waals surface area (Å²) < 4.78 is 0. The minimum absolute atomic E-state index is 0.0377. The zero-order valence-electron chi connectivity index (χ0n) is 11.4. The van der Waals surface area contributed by atoms with Crippen LogP contribution in [0.3, 0.4) is 0 Å². The number of nitrogens with zero attached hydrogens (tertiary/aromatic N) is 1. The summed E-state index contributed by atoms with van der Waals surface area (Å²) in [6, 6.07) is 3.41. The molecule has 2 heterocycles. The third-order valence-corrected chi connectivity index (χ3v) is 4.90. The van der Waals surface area contributed by atoms with E-state index in [0.717, 1.165) is 25.7 Å². The van der Waals surface area contributed by atoms with Crippen LogP contribution in [0.5, 0.6) is 0 Å². The number of amides is 1. The highest BCUT2D eigenvalue weighted by atomic mass is 35.5. The summed E-state index contributed by atoms with van der Waals surface area (Å²) in [6.07, 6.45) is 4.96. The van der Waals surface area contributed by atoms with Gasteiger partial charge in [0, 0.05) is 11.8 Å². The molecule has 1 spiro atoms. The predicted octanol–water partition coefficient (Wildman–Crippen LogP) is 2.47. The second-order valence-corrected chi connectivity index (χ2v) is 6.29. The zero-order valence-corrected chi connectivity index (χ0v) is 12.1. The highest BCUT2D eigenvalue weighted by Crippen LogP contribution is 2.41. The van der Waals surface area contributed by atoms with Gasteiger partial charge in [0.05, 0.1) is 5.54 Å². The Labute approximate surface area is 122 Å². The van der Waals surface area contributed by atoms with Crippen molar-refractivity contribution >= 4 is 23.3 Å². The molecule has 1 aromatic rings. The van der Waals surface area contributed by atoms with Crippen LogP contribution in [-0.4, -0.2) is 22.2 Å². The minimum atomic E-state index is -0.801. The molecule has 1 saturated carbocycles. The SMILES string of the molecule is CC1CCC2(CC1)NC(=O)C(c1cccnc1Cl)C2=O. The van der Waals surface area contributed by atoms with Crippen molar-refractivity contribution in [3.63, 3.8) is 0 Å². The molecule has 4 nitrogen and oxygen atoms in total. The molecular weight excluding hydrogens is 276 g/mol. The van der Waals surface area contributed by atoms with Gasteiger partial charge >= 0.3 is 0 Å². The van der Waals surface area contributed by atoms with Crippen molar-refractivity contribution in [2.75, 3.05) is 0 Å². The van der Waals surface area contributed by atoms with Crippen LogP contribution in [0.15, 0.2) is 18.3 Å². The summed E-state index contributed by atoms with van der Waals surface area (Å²) in [7, 11) is 0. The number of ketones is 1. The number of aromatic nitrogens is 1. The van der Waals surface area contributed by atoms with E-state index >= 15 is 0 Å². The molecule has 106 valence electrons. The van der Waals surface area contributed by atoms with Gasteiger partial charge in [-0.3, -0.25) is 9.59 Å². The Bertz CT molecular complexity index is 565. The van der Waals surface area contributed by atoms with Crippen LogP contribution in [-0.2, 0) is 9.59 Å². The number of halogens is 1. The Balaban J connectivity index is 1.94. The molecule has 5 heteroatoms. The maximum absolute atomic E-state index is 12.8. The lowest BCUT2D eigenvalue weighted by Gasteiger charge is -2.34. The Hall–Kier alpha value is -1.42. The molecule has 3 rings (SSSR count). The average molecular weight is 293 g/mol. The van der Waals surface area contributed by atoms with Crippen molar-refractivity contribution in [3.8, 4) is 0 Å². The number of Topliss-reactive ketones (excluding diaryl/α,β-unsaturated/α-hetero) is 1. The zero-order chi connectivity index (χ0) is 14.3. The number of rotatable bonds is 1. The molecule has 2 aliphatic rings. The molecule has 1 unspecified atom stereocenters. The summed E-state index contributed by atoms with van der Waals surface area (Å²) in [5, 5.41) is 3.18. The van der Waals surface area contributed by atoms with Crippen molar-refractivity contribution in [1.82, 2.24) is 10.3 Å². The van der Waals surface area contributed by atoms with E-state index in [1.54, 1.807) is 18.3 Å². The summed E-state index contributed by atoms with van der Waals surface area (Å²) in [4.78, 5) is 29.0. The molecule has 1 aromatic heterocycles. The maximum Gasteiger partial charge on any atom is 0.236 e. The first-order valence-corrected chi connectivity index (χ1v) is 7.38. The van der Waals surface area contributed by atoms with Gasteiger partial charge in [0.1, 0.15) is 11.1 Å². The molecule has 1 atom stereocenters. The molecule has 0 bridgehead atoms. The molecule has 1 N–H and O–H groups in total. The van der Waals surface area contributed by atoms with Crippen molar-refractivity contribution in [3.05, 3.63) is 29.0 Å². The van der Waals surface area contributed by atoms with E-state index in [0.29, 0.717) is 11.5 Å². The summed E-state index contributed by atoms with van der Waals surface area (Å²) in [5.41, 5.74) is -0.153. The normalized spacial score (nSPS) is 33.5. The Kier molecular flexibility index (Phi) is 3.28. The Morgan fingerprint density at radius 2 is 2.05 bits per heavy atom. The van der Waals surface area contributed by atoms with Crippen LogP contribution >= 0.6 is 11.6 Å². The van der Waals surface area contributed by atoms with Gasteiger partial charge in [-0.15, -0.1) is 0 Å². The van der Waals surface area contributed by atoms with Crippen LogP contribution in [0.25, 0.3) is 0 Å². The molecule has 1 aliphatic heterocycles. The Morgan fingerprint density at radius 1 is 1.35 bits per heavy atom. The molecule has 0 radical (unpaired) electrons. The van der Waals surface area contributed by atoms with Crippen molar-refractivity contribution in [1.29, 1.82) is 0 Å². The number of carbonyl (C=O) groups excluding carboxylic acids is 2. The number of hydrogen-bond acceptors (Lipinski definition) is 3. The maximum atomic E-state index is 12.8. The summed E-state index contributed by atoms with van der Waals surface area (Å²) in [6.45, 7) is 2.18. The van der Waals surface area contributed by atoms with Gasteiger partial charge in [-0.05, 0) is 37.7 Å².